The van der Waals surface area contributed by atoms with Crippen molar-refractivity contribution in [2.45, 2.75) is 50.6 Å². The summed E-state index contributed by atoms with van der Waals surface area (Å²) in [6, 6.07) is 5.78. The molecule has 0 radical (unpaired) electrons. The molecule has 150 valence electrons. The highest BCUT2D eigenvalue weighted by molar-refractivity contribution is 6.30. The van der Waals surface area contributed by atoms with E-state index >= 15 is 0 Å². The number of carbonyl (C=O) groups is 3. The molecule has 2 heterocycles. The molecule has 1 aliphatic carbocycles. The zero-order chi connectivity index (χ0) is 19.7. The molecule has 0 bridgehead atoms. The van der Waals surface area contributed by atoms with E-state index in [2.05, 4.69) is 5.32 Å². The summed E-state index contributed by atoms with van der Waals surface area (Å²) in [6.07, 6.45) is 6.72. The third-order valence-corrected chi connectivity index (χ3v) is 6.47. The van der Waals surface area contributed by atoms with Crippen molar-refractivity contribution in [1.82, 2.24) is 15.1 Å². The minimum Gasteiger partial charge on any atom is -0.342 e. The summed E-state index contributed by atoms with van der Waals surface area (Å²) in [4.78, 5) is 41.8. The smallest absolute Gasteiger partial charge is 0.254 e. The van der Waals surface area contributed by atoms with Crippen LogP contribution < -0.4 is 5.32 Å². The molecule has 2 aliphatic heterocycles. The van der Waals surface area contributed by atoms with E-state index in [1.54, 1.807) is 34.1 Å². The molecular weight excluding hydrogens is 378 g/mol. The first kappa shape index (κ1) is 19.2. The van der Waals surface area contributed by atoms with Crippen LogP contribution in [0, 0.1) is 5.92 Å². The molecule has 3 fully saturated rings. The van der Waals surface area contributed by atoms with Gasteiger partial charge in [-0.3, -0.25) is 14.4 Å². The molecule has 1 aromatic carbocycles. The molecule has 4 rings (SSSR count). The quantitative estimate of drug-likeness (QED) is 0.842. The lowest BCUT2D eigenvalue weighted by Crippen LogP contribution is -2.69. The number of rotatable bonds is 3. The Kier molecular flexibility index (Phi) is 5.58. The van der Waals surface area contributed by atoms with Gasteiger partial charge in [-0.25, -0.2) is 0 Å². The molecule has 0 aromatic heterocycles. The summed E-state index contributed by atoms with van der Waals surface area (Å²) < 4.78 is 0. The molecule has 1 aromatic rings. The van der Waals surface area contributed by atoms with Crippen LogP contribution >= 0.6 is 11.6 Å². The molecule has 2 saturated heterocycles. The molecule has 0 unspecified atom stereocenters. The van der Waals surface area contributed by atoms with Gasteiger partial charge in [-0.15, -0.1) is 0 Å². The first-order valence-electron chi connectivity index (χ1n) is 10.2. The lowest BCUT2D eigenvalue weighted by Gasteiger charge is -2.45. The van der Waals surface area contributed by atoms with Gasteiger partial charge in [-0.2, -0.15) is 0 Å². The Morgan fingerprint density at radius 1 is 1.14 bits per heavy atom. The van der Waals surface area contributed by atoms with Gasteiger partial charge < -0.3 is 15.1 Å². The van der Waals surface area contributed by atoms with Crippen molar-refractivity contribution in [2.75, 3.05) is 19.6 Å². The number of hydrogen-bond acceptors (Lipinski definition) is 3. The van der Waals surface area contributed by atoms with Crippen LogP contribution in [0.4, 0.5) is 0 Å². The summed E-state index contributed by atoms with van der Waals surface area (Å²) in [6.45, 7) is 1.04. The molecular formula is C21H26ClN3O3. The first-order chi connectivity index (χ1) is 13.5. The predicted molar refractivity (Wildman–Crippen MR) is 106 cm³/mol. The maximum Gasteiger partial charge on any atom is 0.254 e. The summed E-state index contributed by atoms with van der Waals surface area (Å²) in [5.74, 6) is 0.214. The Labute approximate surface area is 170 Å². The highest BCUT2D eigenvalue weighted by Gasteiger charge is 2.44. The first-order valence-corrected chi connectivity index (χ1v) is 10.6. The lowest BCUT2D eigenvalue weighted by molar-refractivity contribution is -0.152. The van der Waals surface area contributed by atoms with Crippen LogP contribution in [0.25, 0.3) is 0 Å². The molecule has 2 atom stereocenters. The van der Waals surface area contributed by atoms with Crippen LogP contribution in [-0.4, -0.2) is 59.2 Å². The molecule has 3 amide bonds. The second kappa shape index (κ2) is 8.11. The SMILES string of the molecule is O=C1N[C@@H](CC2CCCCC2)C(=O)N2CCN(C(=O)c3cccc(Cl)c3)C[C@H]12. The number of carbonyl (C=O) groups excluding carboxylic acids is 3. The van der Waals surface area contributed by atoms with Gasteiger partial charge in [-0.05, 0) is 30.5 Å². The molecule has 1 saturated carbocycles. The van der Waals surface area contributed by atoms with E-state index in [-0.39, 0.29) is 24.3 Å². The standard InChI is InChI=1S/C21H26ClN3O3/c22-16-8-4-7-15(12-16)20(27)24-9-10-25-18(13-24)19(26)23-17(21(25)28)11-14-5-2-1-3-6-14/h4,7-8,12,14,17-18H,1-3,5-6,9-11,13H2,(H,23,26)/t17-,18+/m0/s1. The predicted octanol–water partition coefficient (Wildman–Crippen LogP) is 2.46. The molecule has 1 N–H and O–H groups in total. The van der Waals surface area contributed by atoms with Crippen molar-refractivity contribution in [3.63, 3.8) is 0 Å². The normalized spacial score (nSPS) is 26.0. The van der Waals surface area contributed by atoms with E-state index in [0.717, 1.165) is 19.3 Å². The van der Waals surface area contributed by atoms with Crippen LogP contribution in [0.2, 0.25) is 5.02 Å². The Bertz CT molecular complexity index is 778. The minimum atomic E-state index is -0.605. The number of hydrogen-bond donors (Lipinski definition) is 1. The van der Waals surface area contributed by atoms with Crippen LogP contribution in [-0.2, 0) is 9.59 Å². The third-order valence-electron chi connectivity index (χ3n) is 6.23. The number of amides is 3. The van der Waals surface area contributed by atoms with E-state index in [9.17, 15) is 14.4 Å². The Hall–Kier alpha value is -2.08. The van der Waals surface area contributed by atoms with E-state index in [4.69, 9.17) is 11.6 Å². The molecule has 0 spiro atoms. The number of fused-ring (bicyclic) bond motifs is 1. The zero-order valence-corrected chi connectivity index (χ0v) is 16.7. The van der Waals surface area contributed by atoms with Gasteiger partial charge in [0, 0.05) is 23.7 Å². The van der Waals surface area contributed by atoms with Gasteiger partial charge in [0.2, 0.25) is 11.8 Å². The van der Waals surface area contributed by atoms with Crippen molar-refractivity contribution in [1.29, 1.82) is 0 Å². The van der Waals surface area contributed by atoms with E-state index in [1.807, 2.05) is 0 Å². The van der Waals surface area contributed by atoms with Crippen molar-refractivity contribution < 1.29 is 14.4 Å². The van der Waals surface area contributed by atoms with Crippen molar-refractivity contribution in [3.8, 4) is 0 Å². The second-order valence-electron chi connectivity index (χ2n) is 8.11. The number of benzene rings is 1. The fourth-order valence-corrected chi connectivity index (χ4v) is 4.90. The number of piperazine rings is 2. The van der Waals surface area contributed by atoms with Crippen LogP contribution in [0.15, 0.2) is 24.3 Å². The fourth-order valence-electron chi connectivity index (χ4n) is 4.71. The van der Waals surface area contributed by atoms with E-state index < -0.39 is 12.1 Å². The average Bonchev–Trinajstić information content (AvgIpc) is 2.71. The Morgan fingerprint density at radius 2 is 1.93 bits per heavy atom. The molecule has 3 aliphatic rings. The monoisotopic (exact) mass is 403 g/mol. The fraction of sp³-hybridized carbons (Fsp3) is 0.571. The summed E-state index contributed by atoms with van der Waals surface area (Å²) in [5, 5.41) is 3.43. The van der Waals surface area contributed by atoms with E-state index in [0.29, 0.717) is 29.6 Å². The topological polar surface area (TPSA) is 69.7 Å². The highest BCUT2D eigenvalue weighted by Crippen LogP contribution is 2.29. The van der Waals surface area contributed by atoms with Crippen molar-refractivity contribution in [3.05, 3.63) is 34.9 Å². The van der Waals surface area contributed by atoms with Crippen LogP contribution in [0.3, 0.4) is 0 Å². The van der Waals surface area contributed by atoms with Gasteiger partial charge in [-0.1, -0.05) is 49.8 Å². The molecule has 6 nitrogen and oxygen atoms in total. The van der Waals surface area contributed by atoms with Gasteiger partial charge in [0.1, 0.15) is 12.1 Å². The van der Waals surface area contributed by atoms with E-state index in [1.165, 1.54) is 19.3 Å². The molecule has 28 heavy (non-hydrogen) atoms. The second-order valence-corrected chi connectivity index (χ2v) is 8.55. The van der Waals surface area contributed by atoms with Gasteiger partial charge >= 0.3 is 0 Å². The van der Waals surface area contributed by atoms with Gasteiger partial charge in [0.25, 0.3) is 5.91 Å². The summed E-state index contributed by atoms with van der Waals surface area (Å²) in [7, 11) is 0. The van der Waals surface area contributed by atoms with Crippen molar-refractivity contribution in [2.24, 2.45) is 5.92 Å². The maximum atomic E-state index is 13.0. The Morgan fingerprint density at radius 3 is 2.68 bits per heavy atom. The van der Waals surface area contributed by atoms with Crippen LogP contribution in [0.5, 0.6) is 0 Å². The number of nitrogens with one attached hydrogen (secondary N) is 1. The van der Waals surface area contributed by atoms with Gasteiger partial charge in [0.05, 0.1) is 6.54 Å². The highest BCUT2D eigenvalue weighted by atomic mass is 35.5. The molecule has 7 heteroatoms. The zero-order valence-electron chi connectivity index (χ0n) is 15.9. The summed E-state index contributed by atoms with van der Waals surface area (Å²) in [5.41, 5.74) is 0.499. The average molecular weight is 404 g/mol. The minimum absolute atomic E-state index is 0.00466. The maximum absolute atomic E-state index is 13.0. The number of nitrogens with zero attached hydrogens (tertiary/aromatic N) is 2. The van der Waals surface area contributed by atoms with Crippen molar-refractivity contribution >= 4 is 29.3 Å². The van der Waals surface area contributed by atoms with Gasteiger partial charge in [0.15, 0.2) is 0 Å². The number of halogens is 1. The third kappa shape index (κ3) is 3.88. The van der Waals surface area contributed by atoms with Crippen LogP contribution in [0.1, 0.15) is 48.9 Å². The largest absolute Gasteiger partial charge is 0.342 e. The lowest BCUT2D eigenvalue weighted by atomic mass is 9.84. The Balaban J connectivity index is 1.42. The summed E-state index contributed by atoms with van der Waals surface area (Å²) >= 11 is 5.99.